The van der Waals surface area contributed by atoms with Crippen molar-refractivity contribution in [2.45, 2.75) is 31.3 Å². The van der Waals surface area contributed by atoms with Gasteiger partial charge in [0.1, 0.15) is 6.61 Å². The van der Waals surface area contributed by atoms with Gasteiger partial charge in [0.2, 0.25) is 12.3 Å². The van der Waals surface area contributed by atoms with Gasteiger partial charge in [0.15, 0.2) is 0 Å². The van der Waals surface area contributed by atoms with Crippen molar-refractivity contribution in [2.24, 2.45) is 11.7 Å². The molecule has 0 unspecified atom stereocenters. The average Bonchev–Trinajstić information content (AvgIpc) is 2.66. The lowest BCUT2D eigenvalue weighted by molar-refractivity contribution is -0.109. The first-order valence-corrected chi connectivity index (χ1v) is 9.30. The van der Waals surface area contributed by atoms with E-state index in [9.17, 15) is 0 Å². The number of benzene rings is 1. The molecule has 0 radical (unpaired) electrons. The summed E-state index contributed by atoms with van der Waals surface area (Å²) in [6.07, 6.45) is 2.46. The Bertz CT molecular complexity index is 695. The lowest BCUT2D eigenvalue weighted by Gasteiger charge is -2.19. The predicted molar refractivity (Wildman–Crippen MR) is 107 cm³/mol. The summed E-state index contributed by atoms with van der Waals surface area (Å²) in [5, 5.41) is 1.62. The minimum absolute atomic E-state index is 0.382. The average molecular weight is 378 g/mol. The fourth-order valence-electron chi connectivity index (χ4n) is 2.20. The number of rotatable bonds is 7. The molecule has 7 nitrogen and oxygen atoms in total. The number of nitrogens with two attached hydrogens (primary N) is 2. The first-order chi connectivity index (χ1) is 12.4. The van der Waals surface area contributed by atoms with Crippen molar-refractivity contribution in [3.05, 3.63) is 47.7 Å². The van der Waals surface area contributed by atoms with Gasteiger partial charge in [-0.25, -0.2) is 16.7 Å². The third-order valence-corrected chi connectivity index (χ3v) is 4.30. The summed E-state index contributed by atoms with van der Waals surface area (Å²) in [4.78, 5) is 14.6. The molecular formula is C18H27N5O2S. The number of nitrogens with one attached hydrogen (secondary N) is 1. The number of carbonyl (C=O) groups excluding carboxylic acids is 1. The number of aromatic nitrogens is 1. The molecule has 1 aromatic carbocycles. The molecular weight excluding hydrogens is 350 g/mol. The van der Waals surface area contributed by atoms with Crippen LogP contribution < -0.4 is 26.9 Å². The van der Waals surface area contributed by atoms with E-state index in [1.54, 1.807) is 22.2 Å². The van der Waals surface area contributed by atoms with E-state index < -0.39 is 0 Å². The van der Waals surface area contributed by atoms with Crippen molar-refractivity contribution in [3.8, 4) is 5.88 Å². The van der Waals surface area contributed by atoms with Gasteiger partial charge in [-0.05, 0) is 30.4 Å². The zero-order valence-electron chi connectivity index (χ0n) is 15.6. The fraction of sp³-hybridized carbons (Fsp3) is 0.333. The molecule has 5 N–H and O–H groups in total. The number of anilines is 1. The van der Waals surface area contributed by atoms with E-state index in [1.807, 2.05) is 37.4 Å². The van der Waals surface area contributed by atoms with E-state index in [-0.39, 0.29) is 0 Å². The fourth-order valence-corrected chi connectivity index (χ4v) is 2.82. The first kappa shape index (κ1) is 21.8. The van der Waals surface area contributed by atoms with Crippen LogP contribution in [0.1, 0.15) is 31.0 Å². The maximum absolute atomic E-state index is 8.94. The molecule has 1 aromatic heterocycles. The largest absolute Gasteiger partial charge is 0.473 e. The summed E-state index contributed by atoms with van der Waals surface area (Å²) in [6.45, 7) is 4.69. The van der Waals surface area contributed by atoms with Crippen LogP contribution >= 0.6 is 11.8 Å². The van der Waals surface area contributed by atoms with Crippen LogP contribution in [0.25, 0.3) is 0 Å². The van der Waals surface area contributed by atoms with Gasteiger partial charge >= 0.3 is 0 Å². The molecule has 142 valence electrons. The van der Waals surface area contributed by atoms with Gasteiger partial charge in [0.05, 0.1) is 5.69 Å². The van der Waals surface area contributed by atoms with Crippen molar-refractivity contribution in [3.63, 3.8) is 0 Å². The Morgan fingerprint density at radius 1 is 1.31 bits per heavy atom. The van der Waals surface area contributed by atoms with Crippen LogP contribution in [0.2, 0.25) is 0 Å². The molecule has 2 rings (SSSR count). The molecule has 0 aliphatic heterocycles. The monoisotopic (exact) mass is 377 g/mol. The van der Waals surface area contributed by atoms with Crippen LogP contribution in [0.15, 0.2) is 41.3 Å². The van der Waals surface area contributed by atoms with E-state index >= 15 is 0 Å². The van der Waals surface area contributed by atoms with Gasteiger partial charge < -0.3 is 9.75 Å². The molecule has 0 aliphatic rings. The molecule has 0 fully saturated rings. The van der Waals surface area contributed by atoms with Crippen molar-refractivity contribution >= 4 is 23.9 Å². The SMILES string of the molecule is CSc1cccc(N(C)N)c1COc1cccc(C(C)C)n1.NNC=O. The normalized spacial score (nSPS) is 9.96. The van der Waals surface area contributed by atoms with Crippen LogP contribution in [0.4, 0.5) is 5.69 Å². The Labute approximate surface area is 159 Å². The van der Waals surface area contributed by atoms with Crippen molar-refractivity contribution < 1.29 is 9.53 Å². The van der Waals surface area contributed by atoms with E-state index in [0.717, 1.165) is 21.8 Å². The van der Waals surface area contributed by atoms with Gasteiger partial charge in [-0.1, -0.05) is 26.0 Å². The number of hydrogen-bond donors (Lipinski definition) is 3. The van der Waals surface area contributed by atoms with Gasteiger partial charge in [0, 0.05) is 29.3 Å². The van der Waals surface area contributed by atoms with Gasteiger partial charge in [-0.3, -0.25) is 10.2 Å². The second kappa shape index (κ2) is 11.3. The van der Waals surface area contributed by atoms with E-state index in [1.165, 1.54) is 0 Å². The molecule has 2 aromatic rings. The van der Waals surface area contributed by atoms with Crippen LogP contribution in [0.5, 0.6) is 5.88 Å². The smallest absolute Gasteiger partial charge is 0.221 e. The number of hydrazine groups is 2. The third kappa shape index (κ3) is 6.55. The Kier molecular flexibility index (Phi) is 9.50. The van der Waals surface area contributed by atoms with E-state index in [2.05, 4.69) is 37.0 Å². The highest BCUT2D eigenvalue weighted by atomic mass is 32.2. The first-order valence-electron chi connectivity index (χ1n) is 8.08. The topological polar surface area (TPSA) is 106 Å². The summed E-state index contributed by atoms with van der Waals surface area (Å²) >= 11 is 1.69. The van der Waals surface area contributed by atoms with Gasteiger partial charge in [-0.15, -0.1) is 11.8 Å². The van der Waals surface area contributed by atoms with Crippen molar-refractivity contribution in [2.75, 3.05) is 18.3 Å². The molecule has 0 atom stereocenters. The lowest BCUT2D eigenvalue weighted by Crippen LogP contribution is -2.26. The number of thioether (sulfide) groups is 1. The van der Waals surface area contributed by atoms with Crippen molar-refractivity contribution in [1.82, 2.24) is 10.4 Å². The number of carbonyl (C=O) groups is 1. The molecule has 0 saturated heterocycles. The molecule has 0 bridgehead atoms. The summed E-state index contributed by atoms with van der Waals surface area (Å²) < 4.78 is 5.91. The minimum atomic E-state index is 0.382. The van der Waals surface area contributed by atoms with Crippen molar-refractivity contribution in [1.29, 1.82) is 0 Å². The molecule has 0 aliphatic carbocycles. The summed E-state index contributed by atoms with van der Waals surface area (Å²) in [5.74, 6) is 11.4. The van der Waals surface area contributed by atoms with E-state index in [0.29, 0.717) is 24.8 Å². The van der Waals surface area contributed by atoms with Crippen LogP contribution in [0.3, 0.4) is 0 Å². The number of amides is 1. The zero-order chi connectivity index (χ0) is 19.5. The Morgan fingerprint density at radius 3 is 2.50 bits per heavy atom. The molecule has 8 heteroatoms. The Balaban J connectivity index is 0.000000765. The summed E-state index contributed by atoms with van der Waals surface area (Å²) in [5.41, 5.74) is 4.83. The second-order valence-corrected chi connectivity index (χ2v) is 6.55. The molecule has 26 heavy (non-hydrogen) atoms. The maximum Gasteiger partial charge on any atom is 0.221 e. The number of pyridine rings is 1. The summed E-state index contributed by atoms with van der Waals surface area (Å²) in [6, 6.07) is 12.0. The van der Waals surface area contributed by atoms with Gasteiger partial charge in [0.25, 0.3) is 0 Å². The number of nitrogens with zero attached hydrogens (tertiary/aromatic N) is 2. The third-order valence-electron chi connectivity index (χ3n) is 3.48. The Morgan fingerprint density at radius 2 is 1.96 bits per heavy atom. The molecule has 1 heterocycles. The van der Waals surface area contributed by atoms with Crippen LogP contribution in [0, 0.1) is 0 Å². The lowest BCUT2D eigenvalue weighted by atomic mass is 10.1. The Hall–Kier alpha value is -2.29. The molecule has 0 saturated carbocycles. The number of ether oxygens (including phenoxy) is 1. The maximum atomic E-state index is 8.94. The summed E-state index contributed by atoms with van der Waals surface area (Å²) in [7, 11) is 1.83. The number of hydrogen-bond acceptors (Lipinski definition) is 7. The minimum Gasteiger partial charge on any atom is -0.473 e. The predicted octanol–water partition coefficient (Wildman–Crippen LogP) is 2.42. The van der Waals surface area contributed by atoms with Gasteiger partial charge in [-0.2, -0.15) is 0 Å². The van der Waals surface area contributed by atoms with Crippen LogP contribution in [-0.2, 0) is 11.4 Å². The highest BCUT2D eigenvalue weighted by Crippen LogP contribution is 2.29. The quantitative estimate of drug-likeness (QED) is 0.224. The second-order valence-electron chi connectivity index (χ2n) is 5.70. The standard InChI is InChI=1S/C17H23N3OS.CH4N2O/c1-12(2)14-7-5-10-17(19-14)21-11-13-15(20(3)18)8-6-9-16(13)22-4;2-3-1-4/h5-10,12H,11,18H2,1-4H3;1H,2H2,(H,3,4). The zero-order valence-corrected chi connectivity index (χ0v) is 16.4. The highest BCUT2D eigenvalue weighted by Gasteiger charge is 2.11. The highest BCUT2D eigenvalue weighted by molar-refractivity contribution is 7.98. The van der Waals surface area contributed by atoms with Crippen LogP contribution in [-0.4, -0.2) is 24.7 Å². The molecule has 0 spiro atoms. The molecule has 1 amide bonds. The van der Waals surface area contributed by atoms with E-state index in [4.69, 9.17) is 15.4 Å².